The number of carbonyl (C=O) groups excluding carboxylic acids is 1. The smallest absolute Gasteiger partial charge is 0.244 e. The van der Waals surface area contributed by atoms with Crippen LogP contribution in [0.5, 0.6) is 0 Å². The lowest BCUT2D eigenvalue weighted by atomic mass is 10.1. The van der Waals surface area contributed by atoms with E-state index in [4.69, 9.17) is 0 Å². The van der Waals surface area contributed by atoms with Gasteiger partial charge in [-0.3, -0.25) is 9.00 Å². The second kappa shape index (κ2) is 8.76. The summed E-state index contributed by atoms with van der Waals surface area (Å²) >= 11 is 0. The predicted molar refractivity (Wildman–Crippen MR) is 104 cm³/mol. The molecule has 1 heterocycles. The molecule has 1 amide bonds. The van der Waals surface area contributed by atoms with E-state index in [9.17, 15) is 13.4 Å². The standard InChI is InChI=1S/C20H21FN2O2S/c21-19-7-2-1-5-17(19)8-9-20(24)22-15-16-4-3-6-18(14-16)23-10-12-26(25)13-11-23/h1-9,14H,10-13,15H2,(H,22,24). The predicted octanol–water partition coefficient (Wildman–Crippen LogP) is 2.72. The third-order valence-electron chi connectivity index (χ3n) is 4.24. The Morgan fingerprint density at radius 3 is 2.69 bits per heavy atom. The van der Waals surface area contributed by atoms with E-state index in [1.54, 1.807) is 18.2 Å². The van der Waals surface area contributed by atoms with Gasteiger partial charge in [-0.25, -0.2) is 4.39 Å². The number of rotatable bonds is 5. The third kappa shape index (κ3) is 5.02. The number of nitrogens with one attached hydrogen (secondary N) is 1. The Hall–Kier alpha value is -2.47. The number of carbonyl (C=O) groups is 1. The van der Waals surface area contributed by atoms with Crippen molar-refractivity contribution in [2.45, 2.75) is 6.54 Å². The highest BCUT2D eigenvalue weighted by Gasteiger charge is 2.15. The number of halogens is 1. The molecule has 0 atom stereocenters. The number of nitrogens with zero attached hydrogens (tertiary/aromatic N) is 1. The summed E-state index contributed by atoms with van der Waals surface area (Å²) < 4.78 is 25.0. The monoisotopic (exact) mass is 372 g/mol. The maximum atomic E-state index is 13.5. The third-order valence-corrected chi connectivity index (χ3v) is 5.52. The van der Waals surface area contributed by atoms with Crippen molar-refractivity contribution in [3.8, 4) is 0 Å². The first-order chi connectivity index (χ1) is 12.6. The summed E-state index contributed by atoms with van der Waals surface area (Å²) in [6, 6.07) is 14.3. The van der Waals surface area contributed by atoms with Crippen LogP contribution in [0.2, 0.25) is 0 Å². The molecule has 0 unspecified atom stereocenters. The molecule has 0 saturated carbocycles. The lowest BCUT2D eigenvalue weighted by Gasteiger charge is -2.28. The molecule has 0 spiro atoms. The minimum atomic E-state index is -0.703. The van der Waals surface area contributed by atoms with E-state index in [1.165, 1.54) is 18.2 Å². The van der Waals surface area contributed by atoms with Crippen LogP contribution >= 0.6 is 0 Å². The van der Waals surface area contributed by atoms with Gasteiger partial charge in [0.2, 0.25) is 5.91 Å². The number of anilines is 1. The Morgan fingerprint density at radius 2 is 1.92 bits per heavy atom. The van der Waals surface area contributed by atoms with Crippen LogP contribution in [0.3, 0.4) is 0 Å². The van der Waals surface area contributed by atoms with E-state index >= 15 is 0 Å². The molecule has 3 rings (SSSR count). The van der Waals surface area contributed by atoms with E-state index in [0.717, 1.165) is 24.3 Å². The maximum Gasteiger partial charge on any atom is 0.244 e. The molecule has 1 aliphatic heterocycles. The highest BCUT2D eigenvalue weighted by Crippen LogP contribution is 2.18. The van der Waals surface area contributed by atoms with E-state index in [2.05, 4.69) is 10.2 Å². The van der Waals surface area contributed by atoms with Crippen molar-refractivity contribution in [3.05, 3.63) is 71.6 Å². The zero-order valence-electron chi connectivity index (χ0n) is 14.4. The van der Waals surface area contributed by atoms with Crippen LogP contribution in [0.4, 0.5) is 10.1 Å². The van der Waals surface area contributed by atoms with Gasteiger partial charge in [0, 0.05) is 59.3 Å². The minimum Gasteiger partial charge on any atom is -0.370 e. The van der Waals surface area contributed by atoms with E-state index < -0.39 is 10.8 Å². The maximum absolute atomic E-state index is 13.5. The summed E-state index contributed by atoms with van der Waals surface area (Å²) in [7, 11) is -0.703. The highest BCUT2D eigenvalue weighted by atomic mass is 32.2. The Bertz CT molecular complexity index is 828. The second-order valence-electron chi connectivity index (χ2n) is 6.08. The molecule has 6 heteroatoms. The van der Waals surface area contributed by atoms with E-state index in [-0.39, 0.29) is 11.7 Å². The van der Waals surface area contributed by atoms with Crippen molar-refractivity contribution < 1.29 is 13.4 Å². The van der Waals surface area contributed by atoms with Crippen molar-refractivity contribution in [2.75, 3.05) is 29.5 Å². The molecule has 4 nitrogen and oxygen atoms in total. The zero-order chi connectivity index (χ0) is 18.4. The van der Waals surface area contributed by atoms with Gasteiger partial charge in [-0.15, -0.1) is 0 Å². The molecule has 0 bridgehead atoms. The molecule has 1 aliphatic rings. The summed E-state index contributed by atoms with van der Waals surface area (Å²) in [6.45, 7) is 1.97. The van der Waals surface area contributed by atoms with Crippen molar-refractivity contribution >= 4 is 28.5 Å². The first-order valence-electron chi connectivity index (χ1n) is 8.51. The van der Waals surface area contributed by atoms with Crippen LogP contribution in [0.15, 0.2) is 54.6 Å². The van der Waals surface area contributed by atoms with E-state index in [0.29, 0.717) is 23.6 Å². The lowest BCUT2D eigenvalue weighted by Crippen LogP contribution is -2.37. The summed E-state index contributed by atoms with van der Waals surface area (Å²) in [5.41, 5.74) is 2.45. The number of benzene rings is 2. The molecule has 2 aromatic rings. The van der Waals surface area contributed by atoms with Gasteiger partial charge >= 0.3 is 0 Å². The average molecular weight is 372 g/mol. The molecule has 2 aromatic carbocycles. The quantitative estimate of drug-likeness (QED) is 0.821. The minimum absolute atomic E-state index is 0.271. The van der Waals surface area contributed by atoms with Gasteiger partial charge in [0.05, 0.1) is 0 Å². The van der Waals surface area contributed by atoms with Crippen LogP contribution in [0.25, 0.3) is 6.08 Å². The largest absolute Gasteiger partial charge is 0.370 e. The number of hydrogen-bond acceptors (Lipinski definition) is 3. The molecule has 0 aliphatic carbocycles. The summed E-state index contributed by atoms with van der Waals surface area (Å²) in [6.07, 6.45) is 2.80. The molecular formula is C20H21FN2O2S. The Balaban J connectivity index is 1.56. The van der Waals surface area contributed by atoms with Gasteiger partial charge in [0.15, 0.2) is 0 Å². The van der Waals surface area contributed by atoms with Gasteiger partial charge < -0.3 is 10.2 Å². The molecule has 26 heavy (non-hydrogen) atoms. The van der Waals surface area contributed by atoms with Gasteiger partial charge in [-0.2, -0.15) is 0 Å². The molecule has 0 aromatic heterocycles. The van der Waals surface area contributed by atoms with Crippen LogP contribution in [-0.4, -0.2) is 34.7 Å². The summed E-state index contributed by atoms with van der Waals surface area (Å²) in [5, 5.41) is 2.81. The van der Waals surface area contributed by atoms with Gasteiger partial charge in [-0.05, 0) is 29.8 Å². The van der Waals surface area contributed by atoms with Crippen molar-refractivity contribution in [3.63, 3.8) is 0 Å². The van der Waals surface area contributed by atoms with Crippen LogP contribution < -0.4 is 10.2 Å². The molecule has 1 fully saturated rings. The van der Waals surface area contributed by atoms with E-state index in [1.807, 2.05) is 24.3 Å². The van der Waals surface area contributed by atoms with Crippen LogP contribution in [-0.2, 0) is 22.1 Å². The number of amides is 1. The fraction of sp³-hybridized carbons (Fsp3) is 0.250. The Kier molecular flexibility index (Phi) is 6.17. The molecule has 0 radical (unpaired) electrons. The molecule has 1 N–H and O–H groups in total. The Morgan fingerprint density at radius 1 is 1.15 bits per heavy atom. The van der Waals surface area contributed by atoms with Crippen molar-refractivity contribution in [1.29, 1.82) is 0 Å². The summed E-state index contributed by atoms with van der Waals surface area (Å²) in [4.78, 5) is 14.2. The van der Waals surface area contributed by atoms with Crippen LogP contribution in [0.1, 0.15) is 11.1 Å². The molecule has 1 saturated heterocycles. The zero-order valence-corrected chi connectivity index (χ0v) is 15.2. The SMILES string of the molecule is O=C(C=Cc1ccccc1F)NCc1cccc(N2CCS(=O)CC2)c1. The summed E-state index contributed by atoms with van der Waals surface area (Å²) in [5.74, 6) is 0.766. The van der Waals surface area contributed by atoms with Crippen molar-refractivity contribution in [2.24, 2.45) is 0 Å². The number of hydrogen-bond donors (Lipinski definition) is 1. The first-order valence-corrected chi connectivity index (χ1v) is 10.00. The normalized spacial score (nSPS) is 15.3. The van der Waals surface area contributed by atoms with Crippen LogP contribution in [0, 0.1) is 5.82 Å². The molecular weight excluding hydrogens is 351 g/mol. The van der Waals surface area contributed by atoms with Gasteiger partial charge in [-0.1, -0.05) is 30.3 Å². The first kappa shape index (κ1) is 18.3. The van der Waals surface area contributed by atoms with Gasteiger partial charge in [0.1, 0.15) is 5.82 Å². The molecule has 136 valence electrons. The topological polar surface area (TPSA) is 49.4 Å². The fourth-order valence-corrected chi connectivity index (χ4v) is 3.84. The van der Waals surface area contributed by atoms with Gasteiger partial charge in [0.25, 0.3) is 0 Å². The lowest BCUT2D eigenvalue weighted by molar-refractivity contribution is -0.116. The second-order valence-corrected chi connectivity index (χ2v) is 7.77. The average Bonchev–Trinajstić information content (AvgIpc) is 2.66. The fourth-order valence-electron chi connectivity index (χ4n) is 2.78. The highest BCUT2D eigenvalue weighted by molar-refractivity contribution is 7.85. The Labute approximate surface area is 155 Å². The van der Waals surface area contributed by atoms with Crippen molar-refractivity contribution in [1.82, 2.24) is 5.32 Å².